The molecule has 0 fully saturated rings. The highest BCUT2D eigenvalue weighted by Crippen LogP contribution is 2.16. The summed E-state index contributed by atoms with van der Waals surface area (Å²) in [5.41, 5.74) is 1.18. The third-order valence-electron chi connectivity index (χ3n) is 4.24. The molecule has 0 atom stereocenters. The Hall–Kier alpha value is -1.49. The largest absolute Gasteiger partial charge is 0.497 e. The topological polar surface area (TPSA) is 76.4 Å². The van der Waals surface area contributed by atoms with Crippen molar-refractivity contribution in [3.8, 4) is 5.75 Å². The van der Waals surface area contributed by atoms with Crippen molar-refractivity contribution in [1.29, 1.82) is 0 Å². The highest BCUT2D eigenvalue weighted by molar-refractivity contribution is 14.0. The number of aliphatic imine (C=N–C) groups is 1. The van der Waals surface area contributed by atoms with E-state index in [1.165, 1.54) is 5.56 Å². The summed E-state index contributed by atoms with van der Waals surface area (Å²) in [5.74, 6) is 3.28. The Labute approximate surface area is 195 Å². The van der Waals surface area contributed by atoms with Crippen LogP contribution in [0, 0.1) is 5.92 Å². The van der Waals surface area contributed by atoms with Gasteiger partial charge in [0.1, 0.15) is 11.6 Å². The quantitative estimate of drug-likeness (QED) is 0.160. The fraction of sp³-hybridized carbons (Fsp3) is 0.550. The summed E-state index contributed by atoms with van der Waals surface area (Å²) in [4.78, 5) is 4.29. The molecule has 2 rings (SSSR count). The fourth-order valence-electron chi connectivity index (χ4n) is 2.81. The molecule has 0 aliphatic carbocycles. The summed E-state index contributed by atoms with van der Waals surface area (Å²) in [6, 6.07) is 8.01. The lowest BCUT2D eigenvalue weighted by Gasteiger charge is -2.13. The summed E-state index contributed by atoms with van der Waals surface area (Å²) in [5, 5.41) is 16.4. The van der Waals surface area contributed by atoms with Gasteiger partial charge < -0.3 is 19.9 Å². The van der Waals surface area contributed by atoms with Crippen LogP contribution >= 0.6 is 35.7 Å². The molecule has 0 bridgehead atoms. The van der Waals surface area contributed by atoms with E-state index in [-0.39, 0.29) is 24.0 Å². The number of aryl methyl sites for hydroxylation is 1. The molecular weight excluding hydrogens is 499 g/mol. The number of hydrogen-bond donors (Lipinski definition) is 2. The Morgan fingerprint density at radius 1 is 1.21 bits per heavy atom. The molecule has 9 heteroatoms. The van der Waals surface area contributed by atoms with Crippen LogP contribution in [0.5, 0.6) is 5.75 Å². The number of aromatic nitrogens is 3. The van der Waals surface area contributed by atoms with Crippen LogP contribution in [-0.2, 0) is 19.5 Å². The average Bonchev–Trinajstić information content (AvgIpc) is 3.08. The predicted octanol–water partition coefficient (Wildman–Crippen LogP) is 3.58. The number of ether oxygens (including phenoxy) is 1. The van der Waals surface area contributed by atoms with Crippen molar-refractivity contribution in [3.63, 3.8) is 0 Å². The van der Waals surface area contributed by atoms with Crippen molar-refractivity contribution in [2.24, 2.45) is 10.9 Å². The van der Waals surface area contributed by atoms with Crippen molar-refractivity contribution >= 4 is 41.7 Å². The average molecular weight is 532 g/mol. The van der Waals surface area contributed by atoms with Crippen LogP contribution in [0.1, 0.15) is 31.7 Å². The van der Waals surface area contributed by atoms with E-state index in [4.69, 9.17) is 4.74 Å². The molecule has 1 aromatic heterocycles. The zero-order valence-corrected chi connectivity index (χ0v) is 21.1. The summed E-state index contributed by atoms with van der Waals surface area (Å²) < 4.78 is 7.43. The number of rotatable bonds is 10. The van der Waals surface area contributed by atoms with E-state index >= 15 is 0 Å². The molecule has 0 radical (unpaired) electrons. The van der Waals surface area contributed by atoms with E-state index in [1.807, 2.05) is 30.5 Å². The van der Waals surface area contributed by atoms with Gasteiger partial charge in [-0.3, -0.25) is 4.99 Å². The highest BCUT2D eigenvalue weighted by Gasteiger charge is 2.12. The van der Waals surface area contributed by atoms with Gasteiger partial charge in [-0.2, -0.15) is 0 Å². The fourth-order valence-corrected chi connectivity index (χ4v) is 3.33. The van der Waals surface area contributed by atoms with Crippen molar-refractivity contribution < 1.29 is 4.74 Å². The van der Waals surface area contributed by atoms with Gasteiger partial charge in [0.05, 0.1) is 7.11 Å². The monoisotopic (exact) mass is 532 g/mol. The number of guanidine groups is 1. The second-order valence-corrected chi connectivity index (χ2v) is 7.68. The van der Waals surface area contributed by atoms with Gasteiger partial charge in [-0.15, -0.1) is 34.2 Å². The summed E-state index contributed by atoms with van der Waals surface area (Å²) >= 11 is 1.65. The van der Waals surface area contributed by atoms with Crippen molar-refractivity contribution in [2.45, 2.75) is 44.9 Å². The number of nitrogens with one attached hydrogen (secondary N) is 2. The van der Waals surface area contributed by atoms with Gasteiger partial charge >= 0.3 is 0 Å². The molecule has 2 N–H and O–H groups in total. The van der Waals surface area contributed by atoms with E-state index in [9.17, 15) is 0 Å². The Balaban J connectivity index is 0.00000420. The number of nitrogens with zero attached hydrogens (tertiary/aromatic N) is 4. The molecule has 0 unspecified atom stereocenters. The zero-order chi connectivity index (χ0) is 20.4. The predicted molar refractivity (Wildman–Crippen MR) is 132 cm³/mol. The summed E-state index contributed by atoms with van der Waals surface area (Å²) in [6.45, 7) is 6.92. The maximum Gasteiger partial charge on any atom is 0.191 e. The Morgan fingerprint density at radius 3 is 2.52 bits per heavy atom. The first-order valence-corrected chi connectivity index (χ1v) is 10.8. The van der Waals surface area contributed by atoms with Crippen LogP contribution in [0.2, 0.25) is 0 Å². The van der Waals surface area contributed by atoms with Crippen LogP contribution in [0.15, 0.2) is 34.4 Å². The molecular formula is C20H33IN6OS. The third-order valence-corrected chi connectivity index (χ3v) is 4.90. The number of halogens is 1. The summed E-state index contributed by atoms with van der Waals surface area (Å²) in [6.07, 6.45) is 3.90. The van der Waals surface area contributed by atoms with E-state index < -0.39 is 0 Å². The van der Waals surface area contributed by atoms with Gasteiger partial charge in [-0.05, 0) is 36.3 Å². The Morgan fingerprint density at radius 2 is 1.93 bits per heavy atom. The van der Waals surface area contributed by atoms with E-state index in [0.717, 1.165) is 48.6 Å². The smallest absolute Gasteiger partial charge is 0.191 e. The summed E-state index contributed by atoms with van der Waals surface area (Å²) in [7, 11) is 3.46. The lowest BCUT2D eigenvalue weighted by atomic mass is 10.2. The van der Waals surface area contributed by atoms with Crippen molar-refractivity contribution in [1.82, 2.24) is 25.4 Å². The maximum atomic E-state index is 5.19. The van der Waals surface area contributed by atoms with Gasteiger partial charge in [0.25, 0.3) is 0 Å². The molecule has 162 valence electrons. The molecule has 1 heterocycles. The minimum atomic E-state index is 0. The van der Waals surface area contributed by atoms with E-state index in [1.54, 1.807) is 25.9 Å². The number of thioether (sulfide) groups is 1. The molecule has 0 aliphatic heterocycles. The first-order valence-electron chi connectivity index (χ1n) is 9.60. The van der Waals surface area contributed by atoms with Crippen molar-refractivity contribution in [2.75, 3.05) is 27.0 Å². The van der Waals surface area contributed by atoms with E-state index in [2.05, 4.69) is 44.2 Å². The minimum absolute atomic E-state index is 0. The minimum Gasteiger partial charge on any atom is -0.497 e. The lowest BCUT2D eigenvalue weighted by molar-refractivity contribution is 0.414. The Bertz CT molecular complexity index is 748. The van der Waals surface area contributed by atoms with E-state index in [0.29, 0.717) is 12.5 Å². The second-order valence-electron chi connectivity index (χ2n) is 6.91. The molecule has 2 aromatic rings. The molecule has 0 saturated carbocycles. The molecule has 0 saturated heterocycles. The van der Waals surface area contributed by atoms with Crippen LogP contribution in [0.3, 0.4) is 0 Å². The number of benzene rings is 1. The second kappa shape index (κ2) is 13.7. The first kappa shape index (κ1) is 25.5. The Kier molecular flexibility index (Phi) is 12.1. The number of methoxy groups -OCH3 is 1. The molecule has 0 aliphatic rings. The molecule has 1 aromatic carbocycles. The van der Waals surface area contributed by atoms with Crippen molar-refractivity contribution in [3.05, 3.63) is 35.7 Å². The zero-order valence-electron chi connectivity index (χ0n) is 17.9. The standard InChI is InChI=1S/C20H32N6OS.HI/c1-15(2)14-26-18(24-25-20(26)28-5)7-6-12-22-19(21-3)23-13-16-8-10-17(27-4)11-9-16;/h8-11,15H,6-7,12-14H2,1-5H3,(H2,21,22,23);1H. The third kappa shape index (κ3) is 8.41. The molecule has 29 heavy (non-hydrogen) atoms. The first-order chi connectivity index (χ1) is 13.6. The van der Waals surface area contributed by atoms with Gasteiger partial charge in [0.2, 0.25) is 0 Å². The molecule has 0 spiro atoms. The highest BCUT2D eigenvalue weighted by atomic mass is 127. The number of hydrogen-bond acceptors (Lipinski definition) is 5. The van der Waals surface area contributed by atoms with Crippen LogP contribution in [0.4, 0.5) is 0 Å². The van der Waals surface area contributed by atoms with Gasteiger partial charge in [-0.25, -0.2) is 0 Å². The van der Waals surface area contributed by atoms with Gasteiger partial charge in [0.15, 0.2) is 11.1 Å². The molecule has 0 amide bonds. The maximum absolute atomic E-state index is 5.19. The lowest BCUT2D eigenvalue weighted by Crippen LogP contribution is -2.37. The van der Waals surface area contributed by atoms with Crippen LogP contribution in [0.25, 0.3) is 0 Å². The van der Waals surface area contributed by atoms with Gasteiger partial charge in [-0.1, -0.05) is 37.7 Å². The van der Waals surface area contributed by atoms with Crippen LogP contribution < -0.4 is 15.4 Å². The SMILES string of the molecule is CN=C(NCCCc1nnc(SC)n1CC(C)C)NCc1ccc(OC)cc1.I. The normalized spacial score (nSPS) is 11.3. The van der Waals surface area contributed by atoms with Gasteiger partial charge in [0, 0.05) is 33.1 Å². The van der Waals surface area contributed by atoms with Crippen LogP contribution in [-0.4, -0.2) is 47.7 Å². The molecule has 7 nitrogen and oxygen atoms in total.